The smallest absolute Gasteiger partial charge is 0.347 e. The van der Waals surface area contributed by atoms with Gasteiger partial charge in [-0.3, -0.25) is 0 Å². The summed E-state index contributed by atoms with van der Waals surface area (Å²) in [5, 5.41) is 3.64. The van der Waals surface area contributed by atoms with Crippen molar-refractivity contribution >= 4 is 5.97 Å². The molecule has 1 aromatic rings. The van der Waals surface area contributed by atoms with Crippen molar-refractivity contribution in [3.8, 4) is 5.95 Å². The average molecular weight is 199 g/mol. The minimum Gasteiger partial charge on any atom is -0.463 e. The number of ether oxygens (including phenoxy) is 2. The summed E-state index contributed by atoms with van der Waals surface area (Å²) in [7, 11) is 0. The quantitative estimate of drug-likeness (QED) is 0.688. The van der Waals surface area contributed by atoms with Gasteiger partial charge in [-0.25, -0.2) is 4.79 Å². The van der Waals surface area contributed by atoms with Gasteiger partial charge in [-0.1, -0.05) is 5.16 Å². The molecule has 0 amide bonds. The van der Waals surface area contributed by atoms with Crippen molar-refractivity contribution in [3.63, 3.8) is 0 Å². The summed E-state index contributed by atoms with van der Waals surface area (Å²) in [4.78, 5) is 11.4. The molecule has 78 valence electrons. The molecule has 5 heteroatoms. The summed E-state index contributed by atoms with van der Waals surface area (Å²) < 4.78 is 14.8. The van der Waals surface area contributed by atoms with Crippen LogP contribution in [0.2, 0.25) is 0 Å². The maximum atomic E-state index is 11.4. The minimum atomic E-state index is -0.463. The van der Waals surface area contributed by atoms with Crippen LogP contribution < -0.4 is 4.74 Å². The third kappa shape index (κ3) is 2.04. The molecule has 0 saturated heterocycles. The van der Waals surface area contributed by atoms with Crippen molar-refractivity contribution in [1.82, 2.24) is 5.16 Å². The van der Waals surface area contributed by atoms with E-state index in [1.165, 1.54) is 0 Å². The van der Waals surface area contributed by atoms with E-state index in [4.69, 9.17) is 14.0 Å². The maximum absolute atomic E-state index is 11.4. The number of aromatic nitrogens is 1. The van der Waals surface area contributed by atoms with Gasteiger partial charge >= 0.3 is 11.9 Å². The Balaban J connectivity index is 2.92. The lowest BCUT2D eigenvalue weighted by Gasteiger charge is -2.01. The molecule has 0 unspecified atom stereocenters. The highest BCUT2D eigenvalue weighted by molar-refractivity contribution is 5.92. The van der Waals surface area contributed by atoms with Crippen molar-refractivity contribution in [2.24, 2.45) is 0 Å². The summed E-state index contributed by atoms with van der Waals surface area (Å²) in [6.07, 6.45) is 0. The monoisotopic (exact) mass is 199 g/mol. The predicted molar refractivity (Wildman–Crippen MR) is 48.4 cm³/mol. The van der Waals surface area contributed by atoms with E-state index in [1.807, 2.05) is 0 Å². The molecule has 0 saturated carbocycles. The highest BCUT2D eigenvalue weighted by Gasteiger charge is 2.22. The molecule has 14 heavy (non-hydrogen) atoms. The van der Waals surface area contributed by atoms with Crippen LogP contribution in [0.25, 0.3) is 0 Å². The first-order valence-electron chi connectivity index (χ1n) is 4.46. The zero-order valence-electron chi connectivity index (χ0n) is 8.49. The van der Waals surface area contributed by atoms with Crippen molar-refractivity contribution in [2.45, 2.75) is 20.8 Å². The summed E-state index contributed by atoms with van der Waals surface area (Å²) in [5.74, 6) is -0.335. The van der Waals surface area contributed by atoms with E-state index in [-0.39, 0.29) is 11.5 Å². The second-order valence-corrected chi connectivity index (χ2v) is 2.58. The van der Waals surface area contributed by atoms with Crippen molar-refractivity contribution in [3.05, 3.63) is 11.3 Å². The summed E-state index contributed by atoms with van der Waals surface area (Å²) in [6, 6.07) is 0. The van der Waals surface area contributed by atoms with Crippen molar-refractivity contribution in [2.75, 3.05) is 13.2 Å². The van der Waals surface area contributed by atoms with Crippen LogP contribution in [0.3, 0.4) is 0 Å². The van der Waals surface area contributed by atoms with Crippen LogP contribution in [0.15, 0.2) is 4.52 Å². The lowest BCUT2D eigenvalue weighted by Crippen LogP contribution is -2.07. The first-order chi connectivity index (χ1) is 6.70. The second kappa shape index (κ2) is 4.64. The first-order valence-corrected chi connectivity index (χ1v) is 4.46. The lowest BCUT2D eigenvalue weighted by atomic mass is 10.2. The molecule has 0 radical (unpaired) electrons. The average Bonchev–Trinajstić information content (AvgIpc) is 2.48. The van der Waals surface area contributed by atoms with Gasteiger partial charge in [-0.2, -0.15) is 0 Å². The van der Waals surface area contributed by atoms with Crippen LogP contribution in [0.4, 0.5) is 0 Å². The van der Waals surface area contributed by atoms with Gasteiger partial charge in [0.05, 0.1) is 18.9 Å². The van der Waals surface area contributed by atoms with Crippen LogP contribution in [0.1, 0.15) is 29.9 Å². The molecular weight excluding hydrogens is 186 g/mol. The molecule has 0 N–H and O–H groups in total. The molecule has 1 rings (SSSR count). The summed E-state index contributed by atoms with van der Waals surface area (Å²) in [5.41, 5.74) is 0.751. The molecule has 5 nitrogen and oxygen atoms in total. The van der Waals surface area contributed by atoms with Gasteiger partial charge in [0.2, 0.25) is 0 Å². The van der Waals surface area contributed by atoms with Gasteiger partial charge < -0.3 is 14.0 Å². The van der Waals surface area contributed by atoms with Gasteiger partial charge in [0, 0.05) is 0 Å². The Hall–Kier alpha value is -1.52. The van der Waals surface area contributed by atoms with Crippen LogP contribution in [0.5, 0.6) is 5.95 Å². The number of hydrogen-bond donors (Lipinski definition) is 0. The second-order valence-electron chi connectivity index (χ2n) is 2.58. The number of aryl methyl sites for hydroxylation is 1. The fourth-order valence-corrected chi connectivity index (χ4v) is 1.01. The van der Waals surface area contributed by atoms with E-state index < -0.39 is 5.97 Å². The van der Waals surface area contributed by atoms with Crippen molar-refractivity contribution < 1.29 is 18.8 Å². The van der Waals surface area contributed by atoms with Gasteiger partial charge in [0.15, 0.2) is 5.56 Å². The molecule has 0 bridgehead atoms. The molecule has 0 aliphatic carbocycles. The van der Waals surface area contributed by atoms with E-state index in [0.29, 0.717) is 18.9 Å². The fourth-order valence-electron chi connectivity index (χ4n) is 1.01. The molecule has 0 spiro atoms. The third-order valence-corrected chi connectivity index (χ3v) is 1.59. The Bertz CT molecular complexity index is 319. The minimum absolute atomic E-state index is 0.128. The van der Waals surface area contributed by atoms with Gasteiger partial charge in [-0.05, 0) is 20.8 Å². The molecular formula is C9H13NO4. The normalized spacial score (nSPS) is 9.93. The molecule has 1 aromatic heterocycles. The Morgan fingerprint density at radius 3 is 2.71 bits per heavy atom. The third-order valence-electron chi connectivity index (χ3n) is 1.59. The van der Waals surface area contributed by atoms with E-state index in [9.17, 15) is 4.79 Å². The Kier molecular flexibility index (Phi) is 3.50. The predicted octanol–water partition coefficient (Wildman–Crippen LogP) is 1.56. The van der Waals surface area contributed by atoms with E-state index in [2.05, 4.69) is 5.16 Å². The standard InChI is InChI=1S/C9H13NO4/c1-4-12-8(11)7-6(3)10-14-9(7)13-5-2/h4-5H2,1-3H3. The highest BCUT2D eigenvalue weighted by Crippen LogP contribution is 2.22. The largest absolute Gasteiger partial charge is 0.463 e. The molecule has 0 atom stereocenters. The van der Waals surface area contributed by atoms with Crippen LogP contribution in [0, 0.1) is 6.92 Å². The zero-order chi connectivity index (χ0) is 10.6. The molecule has 0 aromatic carbocycles. The van der Waals surface area contributed by atoms with Gasteiger partial charge in [-0.15, -0.1) is 0 Å². The van der Waals surface area contributed by atoms with Crippen molar-refractivity contribution in [1.29, 1.82) is 0 Å². The number of hydrogen-bond acceptors (Lipinski definition) is 5. The molecule has 0 aliphatic heterocycles. The van der Waals surface area contributed by atoms with Gasteiger partial charge in [0.25, 0.3) is 0 Å². The first kappa shape index (κ1) is 10.6. The van der Waals surface area contributed by atoms with E-state index in [1.54, 1.807) is 20.8 Å². The lowest BCUT2D eigenvalue weighted by molar-refractivity contribution is 0.0518. The van der Waals surface area contributed by atoms with Crippen LogP contribution in [-0.4, -0.2) is 24.3 Å². The Morgan fingerprint density at radius 2 is 2.14 bits per heavy atom. The highest BCUT2D eigenvalue weighted by atomic mass is 16.6. The number of esters is 1. The maximum Gasteiger partial charge on any atom is 0.347 e. The SMILES string of the molecule is CCOC(=O)c1c(C)noc1OCC. The number of carbonyl (C=O) groups excluding carboxylic acids is 1. The van der Waals surface area contributed by atoms with E-state index in [0.717, 1.165) is 0 Å². The Morgan fingerprint density at radius 1 is 1.43 bits per heavy atom. The molecule has 0 aliphatic rings. The molecule has 1 heterocycles. The van der Waals surface area contributed by atoms with Crippen LogP contribution >= 0.6 is 0 Å². The van der Waals surface area contributed by atoms with Crippen LogP contribution in [-0.2, 0) is 4.74 Å². The summed E-state index contributed by atoms with van der Waals surface area (Å²) in [6.45, 7) is 5.93. The number of rotatable bonds is 4. The summed E-state index contributed by atoms with van der Waals surface area (Å²) >= 11 is 0. The molecule has 0 fully saturated rings. The number of carbonyl (C=O) groups is 1. The Labute approximate surface area is 82.0 Å². The zero-order valence-corrected chi connectivity index (χ0v) is 8.49. The van der Waals surface area contributed by atoms with Gasteiger partial charge in [0.1, 0.15) is 0 Å². The fraction of sp³-hybridized carbons (Fsp3) is 0.556. The van der Waals surface area contributed by atoms with E-state index >= 15 is 0 Å². The topological polar surface area (TPSA) is 61.6 Å². The number of nitrogens with zero attached hydrogens (tertiary/aromatic N) is 1.